The number of H-pyrrole nitrogens is 1. The van der Waals surface area contributed by atoms with Crippen molar-refractivity contribution in [3.05, 3.63) is 35.2 Å². The summed E-state index contributed by atoms with van der Waals surface area (Å²) in [6.45, 7) is 4.53. The number of fused-ring (bicyclic) bond motifs is 1. The number of aromatic nitrogens is 4. The zero-order chi connectivity index (χ0) is 22.5. The van der Waals surface area contributed by atoms with E-state index in [-0.39, 0.29) is 23.3 Å². The number of nitrogens with two attached hydrogens (primary N) is 1. The van der Waals surface area contributed by atoms with Crippen LogP contribution < -0.4 is 10.6 Å². The Hall–Kier alpha value is -2.40. The van der Waals surface area contributed by atoms with Crippen molar-refractivity contribution < 1.29 is 14.6 Å². The van der Waals surface area contributed by atoms with Gasteiger partial charge in [0.15, 0.2) is 5.69 Å². The van der Waals surface area contributed by atoms with Crippen LogP contribution in [0.2, 0.25) is 5.02 Å². The first kappa shape index (κ1) is 21.4. The maximum atomic E-state index is 11.3. The molecule has 2 fully saturated rings. The van der Waals surface area contributed by atoms with Crippen molar-refractivity contribution in [3.8, 4) is 0 Å². The van der Waals surface area contributed by atoms with E-state index in [1.54, 1.807) is 24.5 Å². The van der Waals surface area contributed by atoms with Crippen LogP contribution in [0, 0.1) is 5.41 Å². The van der Waals surface area contributed by atoms with Crippen LogP contribution in [0.3, 0.4) is 0 Å². The highest BCUT2D eigenvalue weighted by molar-refractivity contribution is 7.99. The van der Waals surface area contributed by atoms with E-state index in [0.29, 0.717) is 21.0 Å². The number of benzene rings is 1. The quantitative estimate of drug-likeness (QED) is 0.521. The summed E-state index contributed by atoms with van der Waals surface area (Å²) in [6, 6.07) is 3.54. The molecule has 9 nitrogen and oxygen atoms in total. The van der Waals surface area contributed by atoms with Crippen LogP contribution >= 0.6 is 23.4 Å². The fraction of sp³-hybridized carbons (Fsp3) is 0.429. The third-order valence-electron chi connectivity index (χ3n) is 6.60. The Balaban J connectivity index is 1.28. The summed E-state index contributed by atoms with van der Waals surface area (Å²) in [5.41, 5.74) is 6.92. The lowest BCUT2D eigenvalue weighted by molar-refractivity contribution is 0.0692. The molecule has 2 aliphatic heterocycles. The van der Waals surface area contributed by atoms with Gasteiger partial charge in [0.05, 0.1) is 30.1 Å². The number of halogens is 1. The van der Waals surface area contributed by atoms with Crippen molar-refractivity contribution in [1.29, 1.82) is 0 Å². The van der Waals surface area contributed by atoms with Crippen LogP contribution in [0.15, 0.2) is 34.4 Å². The number of piperidine rings is 1. The van der Waals surface area contributed by atoms with Gasteiger partial charge in [-0.15, -0.1) is 0 Å². The van der Waals surface area contributed by atoms with Gasteiger partial charge in [-0.3, -0.25) is 5.10 Å². The first-order valence-electron chi connectivity index (χ1n) is 10.4. The van der Waals surface area contributed by atoms with Gasteiger partial charge in [-0.25, -0.2) is 14.8 Å². The molecule has 2 saturated heterocycles. The van der Waals surface area contributed by atoms with Crippen molar-refractivity contribution in [2.45, 2.75) is 41.8 Å². The Bertz CT molecular complexity index is 1160. The third-order valence-corrected chi connectivity index (χ3v) is 8.08. The van der Waals surface area contributed by atoms with E-state index >= 15 is 0 Å². The van der Waals surface area contributed by atoms with Crippen LogP contribution in [-0.2, 0) is 4.74 Å². The standard InChI is InChI=1S/C21H23ClN6O3S/c1-11-19(23)21(10-31-11)4-6-28(7-5-21)14-8-25-15(9-24-14)32-13-3-2-12-17(16(13)22)26-27-18(12)20(29)30/h2-3,8-9,11,19H,4-7,10,23H2,1H3,(H,26,27)(H,29,30)/t11-,19+/m0/s1. The lowest BCUT2D eigenvalue weighted by Gasteiger charge is -2.41. The second kappa shape index (κ2) is 8.18. The number of carboxylic acids is 1. The average molecular weight is 475 g/mol. The minimum Gasteiger partial charge on any atom is -0.477 e. The van der Waals surface area contributed by atoms with Crippen molar-refractivity contribution in [1.82, 2.24) is 20.2 Å². The summed E-state index contributed by atoms with van der Waals surface area (Å²) >= 11 is 7.83. The highest BCUT2D eigenvalue weighted by Gasteiger charge is 2.47. The normalized spacial score (nSPS) is 22.7. The number of nitrogens with zero attached hydrogens (tertiary/aromatic N) is 4. The zero-order valence-corrected chi connectivity index (χ0v) is 19.0. The molecule has 1 spiro atoms. The van der Waals surface area contributed by atoms with Crippen LogP contribution in [-0.4, -0.2) is 63.1 Å². The van der Waals surface area contributed by atoms with Gasteiger partial charge in [0, 0.05) is 34.8 Å². The van der Waals surface area contributed by atoms with Gasteiger partial charge in [-0.2, -0.15) is 5.10 Å². The van der Waals surface area contributed by atoms with E-state index in [1.165, 1.54) is 11.8 Å². The summed E-state index contributed by atoms with van der Waals surface area (Å²) in [4.78, 5) is 23.4. The van der Waals surface area contributed by atoms with E-state index < -0.39 is 5.97 Å². The van der Waals surface area contributed by atoms with Gasteiger partial charge < -0.3 is 20.5 Å². The SMILES string of the molecule is C[C@@H]1OCC2(CCN(c3cnc(Sc4ccc5c(C(=O)O)[nH]nc5c4Cl)cn3)CC2)[C@@H]1N. The average Bonchev–Trinajstić information content (AvgIpc) is 3.35. The Kier molecular flexibility index (Phi) is 5.48. The number of hydrogen-bond donors (Lipinski definition) is 3. The highest BCUT2D eigenvalue weighted by atomic mass is 35.5. The smallest absolute Gasteiger partial charge is 0.354 e. The fourth-order valence-corrected chi connectivity index (χ4v) is 5.64. The number of carbonyl (C=O) groups is 1. The second-order valence-electron chi connectivity index (χ2n) is 8.38. The van der Waals surface area contributed by atoms with E-state index in [1.807, 2.05) is 0 Å². The maximum absolute atomic E-state index is 11.3. The lowest BCUT2D eigenvalue weighted by Crippen LogP contribution is -2.50. The first-order valence-corrected chi connectivity index (χ1v) is 11.6. The van der Waals surface area contributed by atoms with Crippen molar-refractivity contribution in [2.24, 2.45) is 11.1 Å². The number of hydrogen-bond acceptors (Lipinski definition) is 8. The largest absolute Gasteiger partial charge is 0.477 e. The van der Waals surface area contributed by atoms with Gasteiger partial charge in [-0.1, -0.05) is 23.4 Å². The van der Waals surface area contributed by atoms with Crippen LogP contribution in [0.1, 0.15) is 30.3 Å². The minimum absolute atomic E-state index is 0.0190. The molecule has 0 bridgehead atoms. The number of carboxylic acid groups (broad SMARTS) is 1. The molecular weight excluding hydrogens is 452 g/mol. The molecule has 2 aromatic heterocycles. The molecule has 32 heavy (non-hydrogen) atoms. The Labute approximate surface area is 193 Å². The van der Waals surface area contributed by atoms with Crippen LogP contribution in [0.4, 0.5) is 5.82 Å². The van der Waals surface area contributed by atoms with Crippen molar-refractivity contribution in [3.63, 3.8) is 0 Å². The Morgan fingerprint density at radius 2 is 2.12 bits per heavy atom. The molecule has 0 saturated carbocycles. The summed E-state index contributed by atoms with van der Waals surface area (Å²) in [5, 5.41) is 17.3. The summed E-state index contributed by atoms with van der Waals surface area (Å²) in [6.07, 6.45) is 5.57. The molecule has 3 aromatic rings. The van der Waals surface area contributed by atoms with Gasteiger partial charge in [0.1, 0.15) is 16.4 Å². The van der Waals surface area contributed by atoms with E-state index in [9.17, 15) is 9.90 Å². The van der Waals surface area contributed by atoms with E-state index in [0.717, 1.165) is 43.3 Å². The molecule has 2 aliphatic rings. The Morgan fingerprint density at radius 3 is 2.75 bits per heavy atom. The first-order chi connectivity index (χ1) is 15.4. The number of rotatable bonds is 4. The Morgan fingerprint density at radius 1 is 1.34 bits per heavy atom. The number of ether oxygens (including phenoxy) is 1. The number of anilines is 1. The summed E-state index contributed by atoms with van der Waals surface area (Å²) < 4.78 is 5.80. The highest BCUT2D eigenvalue weighted by Crippen LogP contribution is 2.42. The van der Waals surface area contributed by atoms with E-state index in [4.69, 9.17) is 22.1 Å². The topological polar surface area (TPSA) is 130 Å². The number of nitrogens with one attached hydrogen (secondary N) is 1. The fourth-order valence-electron chi connectivity index (χ4n) is 4.56. The van der Waals surface area contributed by atoms with Gasteiger partial charge in [0.25, 0.3) is 0 Å². The summed E-state index contributed by atoms with van der Waals surface area (Å²) in [7, 11) is 0. The molecule has 1 aromatic carbocycles. The maximum Gasteiger partial charge on any atom is 0.354 e. The van der Waals surface area contributed by atoms with Crippen molar-refractivity contribution >= 4 is 46.1 Å². The molecule has 168 valence electrons. The van der Waals surface area contributed by atoms with Crippen molar-refractivity contribution in [2.75, 3.05) is 24.6 Å². The molecule has 4 N–H and O–H groups in total. The lowest BCUT2D eigenvalue weighted by atomic mass is 9.73. The molecule has 0 radical (unpaired) electrons. The molecule has 0 aliphatic carbocycles. The molecule has 0 amide bonds. The van der Waals surface area contributed by atoms with Crippen LogP contribution in [0.5, 0.6) is 0 Å². The van der Waals surface area contributed by atoms with E-state index in [2.05, 4.69) is 32.0 Å². The number of aromatic amines is 1. The second-order valence-corrected chi connectivity index (χ2v) is 9.82. The van der Waals surface area contributed by atoms with Gasteiger partial charge >= 0.3 is 5.97 Å². The van der Waals surface area contributed by atoms with Gasteiger partial charge in [0.2, 0.25) is 0 Å². The molecule has 5 rings (SSSR count). The summed E-state index contributed by atoms with van der Waals surface area (Å²) in [5.74, 6) is -0.240. The molecule has 11 heteroatoms. The predicted molar refractivity (Wildman–Crippen MR) is 121 cm³/mol. The number of aromatic carboxylic acids is 1. The molecule has 0 unspecified atom stereocenters. The minimum atomic E-state index is -1.08. The molecular formula is C21H23ClN6O3S. The molecule has 4 heterocycles. The zero-order valence-electron chi connectivity index (χ0n) is 17.4. The molecule has 2 atom stereocenters. The van der Waals surface area contributed by atoms with Gasteiger partial charge in [-0.05, 0) is 31.9 Å². The van der Waals surface area contributed by atoms with Crippen LogP contribution in [0.25, 0.3) is 10.9 Å². The third kappa shape index (κ3) is 3.61. The monoisotopic (exact) mass is 474 g/mol. The predicted octanol–water partition coefficient (Wildman–Crippen LogP) is 3.19.